The molecule has 1 aromatic rings. The van der Waals surface area contributed by atoms with E-state index in [1.54, 1.807) is 6.92 Å². The van der Waals surface area contributed by atoms with Crippen LogP contribution < -0.4 is 11.1 Å². The lowest BCUT2D eigenvalue weighted by Gasteiger charge is -2.37. The summed E-state index contributed by atoms with van der Waals surface area (Å²) in [6, 6.07) is 0.713. The van der Waals surface area contributed by atoms with Crippen molar-refractivity contribution in [2.75, 3.05) is 18.5 Å². The molecule has 0 aromatic carbocycles. The number of nitrogens with one attached hydrogen (secondary N) is 1. The molecule has 9 nitrogen and oxygen atoms in total. The lowest BCUT2D eigenvalue weighted by Crippen LogP contribution is -2.56. The molecule has 1 saturated heterocycles. The highest BCUT2D eigenvalue weighted by molar-refractivity contribution is 5.91. The largest absolute Gasteiger partial charge is 0.394 e. The second kappa shape index (κ2) is 6.31. The first-order chi connectivity index (χ1) is 9.92. The Morgan fingerprint density at radius 3 is 2.81 bits per heavy atom. The number of nitrogens with zero attached hydrogens (tertiary/aromatic N) is 2. The maximum absolute atomic E-state index is 11.2. The molecular formula is C12H18N4O5. The zero-order valence-corrected chi connectivity index (χ0v) is 11.4. The Morgan fingerprint density at radius 1 is 1.48 bits per heavy atom. The van der Waals surface area contributed by atoms with Crippen LogP contribution in [-0.4, -0.2) is 68.8 Å². The highest BCUT2D eigenvalue weighted by atomic mass is 16.5. The van der Waals surface area contributed by atoms with Crippen molar-refractivity contribution in [3.8, 4) is 0 Å². The van der Waals surface area contributed by atoms with Crippen molar-refractivity contribution in [1.82, 2.24) is 9.97 Å². The standard InChI is InChI=1S/C12H18N4O5/c1-5-14-6(12(13)20)2-9(15-5)16-7-4-21-8(3-17)11(19)10(7)18/h2,7-8,10-11,17-19H,3-4H2,1H3,(H2,13,20)(H,14,15,16)/t7-,8+,10+,11-/m0/s1. The third-order valence-electron chi connectivity index (χ3n) is 3.24. The van der Waals surface area contributed by atoms with Gasteiger partial charge in [-0.25, -0.2) is 9.97 Å². The normalized spacial score (nSPS) is 29.1. The Kier molecular flexibility index (Phi) is 4.68. The van der Waals surface area contributed by atoms with Crippen molar-refractivity contribution < 1.29 is 24.9 Å². The van der Waals surface area contributed by atoms with Crippen molar-refractivity contribution in [3.05, 3.63) is 17.6 Å². The summed E-state index contributed by atoms with van der Waals surface area (Å²) in [4.78, 5) is 19.1. The number of aliphatic hydroxyl groups is 3. The van der Waals surface area contributed by atoms with E-state index >= 15 is 0 Å². The average Bonchev–Trinajstić information content (AvgIpc) is 2.43. The third-order valence-corrected chi connectivity index (χ3v) is 3.24. The molecule has 0 aliphatic carbocycles. The second-order valence-corrected chi connectivity index (χ2v) is 4.84. The number of carbonyl (C=O) groups excluding carboxylic acids is 1. The minimum atomic E-state index is -1.22. The zero-order chi connectivity index (χ0) is 15.6. The number of aryl methyl sites for hydroxylation is 1. The number of ether oxygens (including phenoxy) is 1. The molecule has 6 N–H and O–H groups in total. The number of amides is 1. The van der Waals surface area contributed by atoms with E-state index in [1.807, 2.05) is 0 Å². The van der Waals surface area contributed by atoms with Crippen molar-refractivity contribution >= 4 is 11.7 Å². The monoisotopic (exact) mass is 298 g/mol. The van der Waals surface area contributed by atoms with Crippen LogP contribution in [0.4, 0.5) is 5.82 Å². The van der Waals surface area contributed by atoms with Crippen molar-refractivity contribution in [3.63, 3.8) is 0 Å². The summed E-state index contributed by atoms with van der Waals surface area (Å²) in [5.41, 5.74) is 5.22. The van der Waals surface area contributed by atoms with Gasteiger partial charge < -0.3 is 31.1 Å². The Morgan fingerprint density at radius 2 is 2.19 bits per heavy atom. The number of aliphatic hydroxyl groups excluding tert-OH is 3. The van der Waals surface area contributed by atoms with Gasteiger partial charge in [-0.2, -0.15) is 0 Å². The lowest BCUT2D eigenvalue weighted by atomic mass is 9.98. The summed E-state index contributed by atoms with van der Waals surface area (Å²) < 4.78 is 5.25. The number of hydrogen-bond donors (Lipinski definition) is 5. The van der Waals surface area contributed by atoms with Crippen LogP contribution in [0.2, 0.25) is 0 Å². The maximum Gasteiger partial charge on any atom is 0.267 e. The summed E-state index contributed by atoms with van der Waals surface area (Å²) in [6.07, 6.45) is -3.20. The molecular weight excluding hydrogens is 280 g/mol. The molecule has 1 fully saturated rings. The van der Waals surface area contributed by atoms with Gasteiger partial charge in [-0.1, -0.05) is 0 Å². The predicted molar refractivity (Wildman–Crippen MR) is 71.5 cm³/mol. The van der Waals surface area contributed by atoms with Gasteiger partial charge >= 0.3 is 0 Å². The van der Waals surface area contributed by atoms with Crippen LogP contribution in [0.1, 0.15) is 16.3 Å². The first-order valence-corrected chi connectivity index (χ1v) is 6.43. The van der Waals surface area contributed by atoms with E-state index in [0.717, 1.165) is 0 Å². The van der Waals surface area contributed by atoms with Gasteiger partial charge in [0.2, 0.25) is 0 Å². The van der Waals surface area contributed by atoms with Crippen LogP contribution >= 0.6 is 0 Å². The fourth-order valence-corrected chi connectivity index (χ4v) is 2.13. The number of primary amides is 1. The molecule has 116 valence electrons. The second-order valence-electron chi connectivity index (χ2n) is 4.84. The fourth-order valence-electron chi connectivity index (χ4n) is 2.13. The summed E-state index contributed by atoms with van der Waals surface area (Å²) in [5, 5.41) is 31.7. The molecule has 9 heteroatoms. The van der Waals surface area contributed by atoms with Crippen LogP contribution in [0.5, 0.6) is 0 Å². The number of aromatic nitrogens is 2. The van der Waals surface area contributed by atoms with Crippen LogP contribution in [0.25, 0.3) is 0 Å². The first kappa shape index (κ1) is 15.6. The molecule has 1 aromatic heterocycles. The van der Waals surface area contributed by atoms with Crippen molar-refractivity contribution in [1.29, 1.82) is 0 Å². The molecule has 1 amide bonds. The average molecular weight is 298 g/mol. The molecule has 0 radical (unpaired) electrons. The number of carbonyl (C=O) groups is 1. The number of rotatable bonds is 4. The van der Waals surface area contributed by atoms with E-state index in [-0.39, 0.29) is 18.9 Å². The molecule has 1 aliphatic heterocycles. The SMILES string of the molecule is Cc1nc(N[C@H]2CO[C@H](CO)[C@H](O)[C@@H]2O)cc(C(N)=O)n1. The molecule has 0 unspecified atom stereocenters. The minimum Gasteiger partial charge on any atom is -0.394 e. The Balaban J connectivity index is 2.13. The van der Waals surface area contributed by atoms with E-state index in [0.29, 0.717) is 11.6 Å². The molecule has 2 rings (SSSR count). The Labute approximate surface area is 120 Å². The molecule has 4 atom stereocenters. The van der Waals surface area contributed by atoms with Crippen molar-refractivity contribution in [2.45, 2.75) is 31.3 Å². The van der Waals surface area contributed by atoms with E-state index in [2.05, 4.69) is 15.3 Å². The van der Waals surface area contributed by atoms with Gasteiger partial charge in [0.05, 0.1) is 19.3 Å². The molecule has 1 aliphatic rings. The van der Waals surface area contributed by atoms with Crippen LogP contribution in [0.15, 0.2) is 6.07 Å². The smallest absolute Gasteiger partial charge is 0.267 e. The molecule has 21 heavy (non-hydrogen) atoms. The fraction of sp³-hybridized carbons (Fsp3) is 0.583. The zero-order valence-electron chi connectivity index (χ0n) is 11.4. The summed E-state index contributed by atoms with van der Waals surface area (Å²) in [5.74, 6) is -0.0585. The Hall–Kier alpha value is -1.81. The molecule has 0 saturated carbocycles. The van der Waals surface area contributed by atoms with Gasteiger partial charge in [0.15, 0.2) is 0 Å². The summed E-state index contributed by atoms with van der Waals surface area (Å²) >= 11 is 0. The topological polar surface area (TPSA) is 151 Å². The molecule has 0 spiro atoms. The van der Waals surface area contributed by atoms with Gasteiger partial charge in [0, 0.05) is 6.07 Å². The number of hydrogen-bond acceptors (Lipinski definition) is 8. The maximum atomic E-state index is 11.2. The lowest BCUT2D eigenvalue weighted by molar-refractivity contribution is -0.152. The van der Waals surface area contributed by atoms with Gasteiger partial charge in [0.1, 0.15) is 35.6 Å². The Bertz CT molecular complexity index is 526. The molecule has 2 heterocycles. The van der Waals surface area contributed by atoms with Crippen LogP contribution in [0, 0.1) is 6.92 Å². The van der Waals surface area contributed by atoms with E-state index in [9.17, 15) is 15.0 Å². The third kappa shape index (κ3) is 3.45. The summed E-state index contributed by atoms with van der Waals surface area (Å²) in [6.45, 7) is 1.28. The first-order valence-electron chi connectivity index (χ1n) is 6.43. The van der Waals surface area contributed by atoms with Gasteiger partial charge in [-0.05, 0) is 6.92 Å². The quantitative estimate of drug-likeness (QED) is 0.419. The van der Waals surface area contributed by atoms with Crippen LogP contribution in [0.3, 0.4) is 0 Å². The van der Waals surface area contributed by atoms with E-state index in [4.69, 9.17) is 15.6 Å². The van der Waals surface area contributed by atoms with E-state index in [1.165, 1.54) is 6.07 Å². The highest BCUT2D eigenvalue weighted by Gasteiger charge is 2.38. The number of nitrogens with two attached hydrogens (primary N) is 1. The van der Waals surface area contributed by atoms with Crippen LogP contribution in [-0.2, 0) is 4.74 Å². The minimum absolute atomic E-state index is 0.0463. The summed E-state index contributed by atoms with van der Waals surface area (Å²) in [7, 11) is 0. The van der Waals surface area contributed by atoms with E-state index < -0.39 is 30.3 Å². The van der Waals surface area contributed by atoms with Crippen molar-refractivity contribution in [2.24, 2.45) is 5.73 Å². The van der Waals surface area contributed by atoms with Gasteiger partial charge in [-0.15, -0.1) is 0 Å². The van der Waals surface area contributed by atoms with Gasteiger partial charge in [0.25, 0.3) is 5.91 Å². The molecule has 0 bridgehead atoms. The number of anilines is 1. The highest BCUT2D eigenvalue weighted by Crippen LogP contribution is 2.19. The predicted octanol–water partition coefficient (Wildman–Crippen LogP) is -2.22. The van der Waals surface area contributed by atoms with Gasteiger partial charge in [-0.3, -0.25) is 4.79 Å².